The highest BCUT2D eigenvalue weighted by molar-refractivity contribution is 7.95. The van der Waals surface area contributed by atoms with Crippen LogP contribution >= 0.6 is 11.6 Å². The second kappa shape index (κ2) is 9.98. The first-order valence-electron chi connectivity index (χ1n) is 12.0. The summed E-state index contributed by atoms with van der Waals surface area (Å²) in [6.45, 7) is 10.2. The smallest absolute Gasteiger partial charge is 0.413 e. The predicted molar refractivity (Wildman–Crippen MR) is 148 cm³/mol. The van der Waals surface area contributed by atoms with E-state index in [1.165, 1.54) is 31.6 Å². The highest BCUT2D eigenvalue weighted by Crippen LogP contribution is 2.40. The molecule has 0 bridgehead atoms. The highest BCUT2D eigenvalue weighted by Gasteiger charge is 2.49. The van der Waals surface area contributed by atoms with E-state index < -0.39 is 37.5 Å². The van der Waals surface area contributed by atoms with E-state index in [9.17, 15) is 9.00 Å². The Bertz CT molecular complexity index is 1570. The third-order valence-electron chi connectivity index (χ3n) is 6.31. The minimum Gasteiger partial charge on any atom is -0.444 e. The van der Waals surface area contributed by atoms with Crippen molar-refractivity contribution in [2.45, 2.75) is 57.4 Å². The van der Waals surface area contributed by atoms with Gasteiger partial charge in [-0.25, -0.2) is 27.7 Å². The Morgan fingerprint density at radius 1 is 1.21 bits per heavy atom. The van der Waals surface area contributed by atoms with E-state index in [2.05, 4.69) is 24.8 Å². The maximum atomic E-state index is 15.4. The Kier molecular flexibility index (Phi) is 7.32. The van der Waals surface area contributed by atoms with Crippen molar-refractivity contribution >= 4 is 33.3 Å². The lowest BCUT2D eigenvalue weighted by molar-refractivity contribution is 0.0560. The molecule has 0 saturated carbocycles. The maximum Gasteiger partial charge on any atom is 0.413 e. The number of halogens is 2. The van der Waals surface area contributed by atoms with Crippen LogP contribution in [0.5, 0.6) is 0 Å². The van der Waals surface area contributed by atoms with Crippen molar-refractivity contribution in [3.05, 3.63) is 53.1 Å². The second-order valence-electron chi connectivity index (χ2n) is 10.8. The van der Waals surface area contributed by atoms with Crippen LogP contribution in [0.1, 0.15) is 47.1 Å². The maximum absolute atomic E-state index is 15.4. The lowest BCUT2D eigenvalue weighted by atomic mass is 9.91. The molecular formula is C26H30ClFN6O4S. The first kappa shape index (κ1) is 28.6. The van der Waals surface area contributed by atoms with Gasteiger partial charge in [0, 0.05) is 36.6 Å². The molecule has 208 valence electrons. The summed E-state index contributed by atoms with van der Waals surface area (Å²) < 4.78 is 43.5. The molecule has 0 aliphatic carbocycles. The molecule has 0 saturated heterocycles. The molecule has 1 amide bonds. The minimum absolute atomic E-state index is 0.0797. The molecule has 4 rings (SSSR count). The summed E-state index contributed by atoms with van der Waals surface area (Å²) in [6.07, 6.45) is 2.12. The number of ether oxygens (including phenoxy) is 1. The van der Waals surface area contributed by atoms with Gasteiger partial charge < -0.3 is 9.26 Å². The summed E-state index contributed by atoms with van der Waals surface area (Å²) in [5, 5.41) is 7.04. The van der Waals surface area contributed by atoms with Gasteiger partial charge in [0.05, 0.1) is 20.5 Å². The minimum atomic E-state index is -3.04. The zero-order valence-corrected chi connectivity index (χ0v) is 24.3. The third kappa shape index (κ3) is 5.67. The summed E-state index contributed by atoms with van der Waals surface area (Å²) >= 11 is 5.86. The third-order valence-corrected chi connectivity index (χ3v) is 9.83. The number of aliphatic imine (C=N–C) groups is 1. The monoisotopic (exact) mass is 576 g/mol. The number of rotatable bonds is 3. The number of amidine groups is 1. The molecule has 1 N–H and O–H groups in total. The molecule has 0 fully saturated rings. The molecule has 0 radical (unpaired) electrons. The van der Waals surface area contributed by atoms with E-state index in [0.717, 1.165) is 0 Å². The fourth-order valence-electron chi connectivity index (χ4n) is 4.19. The SMILES string of the molecule is CN=[S@]1(=O)C[C@@](C)(c2cc(-c3cc(-c4ncc(Cl)cn4)no3)ccc2F)N=C(NC(=O)OC(C)(C)C)C1(C)C. The number of amides is 1. The van der Waals surface area contributed by atoms with E-state index >= 15 is 4.39 Å². The number of alkyl carbamates (subject to hydrolysis) is 1. The Labute approximate surface area is 231 Å². The zero-order valence-electron chi connectivity index (χ0n) is 22.7. The second-order valence-corrected chi connectivity index (χ2v) is 14.2. The Morgan fingerprint density at radius 3 is 2.49 bits per heavy atom. The molecule has 3 heterocycles. The van der Waals surface area contributed by atoms with Gasteiger partial charge in [0.25, 0.3) is 0 Å². The van der Waals surface area contributed by atoms with Crippen molar-refractivity contribution in [1.82, 2.24) is 20.4 Å². The Hall–Kier alpha value is -3.38. The van der Waals surface area contributed by atoms with Crippen LogP contribution < -0.4 is 5.32 Å². The molecule has 1 aliphatic rings. The van der Waals surface area contributed by atoms with Crippen LogP contribution in [0.3, 0.4) is 0 Å². The molecule has 10 nitrogen and oxygen atoms in total. The molecule has 1 aromatic carbocycles. The molecule has 0 unspecified atom stereocenters. The predicted octanol–water partition coefficient (Wildman–Crippen LogP) is 5.62. The first-order chi connectivity index (χ1) is 18.1. The Balaban J connectivity index is 1.78. The zero-order chi connectivity index (χ0) is 28.8. The van der Waals surface area contributed by atoms with Crippen molar-refractivity contribution in [3.63, 3.8) is 0 Å². The number of benzene rings is 1. The van der Waals surface area contributed by atoms with Crippen LogP contribution in [0.4, 0.5) is 9.18 Å². The van der Waals surface area contributed by atoms with E-state index in [1.807, 2.05) is 0 Å². The standard InChI is InChI=1S/C26H30ClFN6O4S/c1-24(2,3)37-23(35)32-22-25(4,5)39(36,29-7)14-26(6,33-22)17-10-15(8-9-18(17)28)20-11-19(34-38-20)21-30-12-16(27)13-31-21/h8-13H,14H2,1-7H3,(H,32,33,35)/t26-,39-/m0/s1. The number of carbonyl (C=O) groups excluding carboxylic acids is 1. The molecule has 2 aromatic heterocycles. The molecule has 2 atom stereocenters. The molecule has 1 aliphatic heterocycles. The van der Waals surface area contributed by atoms with Crippen LogP contribution in [0, 0.1) is 5.82 Å². The lowest BCUT2D eigenvalue weighted by Gasteiger charge is -2.41. The molecule has 13 heteroatoms. The summed E-state index contributed by atoms with van der Waals surface area (Å²) in [7, 11) is -1.59. The fraction of sp³-hybridized carbons (Fsp3) is 0.423. The molecule has 0 spiro atoms. The quantitative estimate of drug-likeness (QED) is 0.428. The number of hydrogen-bond donors (Lipinski definition) is 1. The van der Waals surface area contributed by atoms with Gasteiger partial charge in [0.15, 0.2) is 17.3 Å². The van der Waals surface area contributed by atoms with Gasteiger partial charge in [-0.1, -0.05) is 16.8 Å². The van der Waals surface area contributed by atoms with Crippen LogP contribution in [0.2, 0.25) is 5.02 Å². The largest absolute Gasteiger partial charge is 0.444 e. The van der Waals surface area contributed by atoms with E-state index in [-0.39, 0.29) is 17.2 Å². The first-order valence-corrected chi connectivity index (χ1v) is 14.1. The van der Waals surface area contributed by atoms with Crippen LogP contribution in [-0.4, -0.2) is 54.4 Å². The summed E-state index contributed by atoms with van der Waals surface area (Å²) in [4.78, 5) is 25.7. The van der Waals surface area contributed by atoms with Gasteiger partial charge in [-0.15, -0.1) is 0 Å². The lowest BCUT2D eigenvalue weighted by Crippen LogP contribution is -2.57. The van der Waals surface area contributed by atoms with Crippen molar-refractivity contribution in [1.29, 1.82) is 0 Å². The molecule has 39 heavy (non-hydrogen) atoms. The van der Waals surface area contributed by atoms with Gasteiger partial charge in [0.1, 0.15) is 27.5 Å². The van der Waals surface area contributed by atoms with E-state index in [4.69, 9.17) is 25.9 Å². The average Bonchev–Trinajstić information content (AvgIpc) is 3.32. The highest BCUT2D eigenvalue weighted by atomic mass is 35.5. The number of carbonyl (C=O) groups is 1. The van der Waals surface area contributed by atoms with Crippen molar-refractivity contribution in [3.8, 4) is 22.8 Å². The van der Waals surface area contributed by atoms with E-state index in [0.29, 0.717) is 27.9 Å². The molecular weight excluding hydrogens is 547 g/mol. The number of nitrogens with one attached hydrogen (secondary N) is 1. The van der Waals surface area contributed by atoms with Gasteiger partial charge >= 0.3 is 6.09 Å². The van der Waals surface area contributed by atoms with Crippen molar-refractivity contribution in [2.75, 3.05) is 12.8 Å². The Morgan fingerprint density at radius 2 is 1.87 bits per heavy atom. The summed E-state index contributed by atoms with van der Waals surface area (Å²) in [5.74, 6) is 0.0862. The van der Waals surface area contributed by atoms with Crippen LogP contribution in [0.25, 0.3) is 22.8 Å². The fourth-order valence-corrected chi connectivity index (χ4v) is 6.61. The van der Waals surface area contributed by atoms with Crippen molar-refractivity contribution < 1.29 is 22.7 Å². The molecule has 3 aromatic rings. The van der Waals surface area contributed by atoms with E-state index in [1.54, 1.807) is 53.7 Å². The normalized spacial score (nSPS) is 22.6. The summed E-state index contributed by atoms with van der Waals surface area (Å²) in [5.41, 5.74) is -1.10. The van der Waals surface area contributed by atoms with Crippen LogP contribution in [-0.2, 0) is 20.0 Å². The van der Waals surface area contributed by atoms with Gasteiger partial charge in [-0.05, 0) is 59.7 Å². The number of hydrogen-bond acceptors (Lipinski definition) is 9. The van der Waals surface area contributed by atoms with Gasteiger partial charge in [-0.3, -0.25) is 10.3 Å². The number of nitrogens with zero attached hydrogens (tertiary/aromatic N) is 5. The van der Waals surface area contributed by atoms with Gasteiger partial charge in [0.2, 0.25) is 0 Å². The van der Waals surface area contributed by atoms with Crippen molar-refractivity contribution in [2.24, 2.45) is 9.36 Å². The topological polar surface area (TPSA) is 132 Å². The number of aromatic nitrogens is 3. The van der Waals surface area contributed by atoms with Crippen LogP contribution in [0.15, 0.2) is 50.5 Å². The average molecular weight is 577 g/mol. The summed E-state index contributed by atoms with van der Waals surface area (Å²) in [6, 6.07) is 5.99. The van der Waals surface area contributed by atoms with Gasteiger partial charge in [-0.2, -0.15) is 0 Å².